The van der Waals surface area contributed by atoms with Gasteiger partial charge in [0.2, 0.25) is 0 Å². The van der Waals surface area contributed by atoms with Gasteiger partial charge in [0, 0.05) is 25.6 Å². The molecule has 0 saturated carbocycles. The van der Waals surface area contributed by atoms with Crippen LogP contribution in [0.2, 0.25) is 10.0 Å². The predicted octanol–water partition coefficient (Wildman–Crippen LogP) is 4.23. The fourth-order valence-electron chi connectivity index (χ4n) is 2.14. The molecule has 0 amide bonds. The first-order valence-corrected chi connectivity index (χ1v) is 9.89. The van der Waals surface area contributed by atoms with E-state index in [1.165, 1.54) is 7.11 Å². The normalized spacial score (nSPS) is 13.1. The molecule has 148 valence electrons. The zero-order valence-electron chi connectivity index (χ0n) is 15.4. The van der Waals surface area contributed by atoms with Gasteiger partial charge in [-0.2, -0.15) is 0 Å². The third-order valence-electron chi connectivity index (χ3n) is 3.65. The van der Waals surface area contributed by atoms with E-state index >= 15 is 0 Å². The minimum atomic E-state index is -0.498. The molecule has 0 aliphatic rings. The van der Waals surface area contributed by atoms with Crippen LogP contribution in [-0.4, -0.2) is 51.2 Å². The van der Waals surface area contributed by atoms with Crippen molar-refractivity contribution in [2.24, 2.45) is 0 Å². The summed E-state index contributed by atoms with van der Waals surface area (Å²) in [5.41, 5.74) is 0.123. The molecule has 0 N–H and O–H groups in total. The Balaban J connectivity index is 0.00000392. The number of ether oxygens (including phenoxy) is 4. The Bertz CT molecular complexity index is 786. The summed E-state index contributed by atoms with van der Waals surface area (Å²) in [6, 6.07) is 10.2. The molecule has 3 unspecified atom stereocenters. The second-order valence-corrected chi connectivity index (χ2v) is 7.61. The van der Waals surface area contributed by atoms with Crippen molar-refractivity contribution in [2.45, 2.75) is 26.4 Å². The van der Waals surface area contributed by atoms with Crippen LogP contribution in [-0.2, 0) is 9.47 Å². The van der Waals surface area contributed by atoms with Crippen LogP contribution in [0, 0.1) is 0 Å². The van der Waals surface area contributed by atoms with Crippen molar-refractivity contribution in [1.82, 2.24) is 0 Å². The Hall–Kier alpha value is -0.763. The summed E-state index contributed by atoms with van der Waals surface area (Å²) in [7, 11) is 2.85. The van der Waals surface area contributed by atoms with E-state index in [1.54, 1.807) is 57.4 Å². The van der Waals surface area contributed by atoms with Gasteiger partial charge in [-0.15, -0.1) is 0 Å². The molecule has 0 aliphatic heterocycles. The molecule has 0 aromatic heterocycles. The van der Waals surface area contributed by atoms with Crippen molar-refractivity contribution in [3.05, 3.63) is 52.0 Å². The van der Waals surface area contributed by atoms with Gasteiger partial charge in [0.1, 0.15) is 11.5 Å². The van der Waals surface area contributed by atoms with Gasteiger partial charge in [0.05, 0.1) is 15.6 Å². The Kier molecular flexibility index (Phi) is 10.9. The fourth-order valence-corrected chi connectivity index (χ4v) is 3.93. The molecule has 2 aromatic rings. The summed E-state index contributed by atoms with van der Waals surface area (Å²) < 4.78 is 21.7. The van der Waals surface area contributed by atoms with Gasteiger partial charge < -0.3 is 18.9 Å². The van der Waals surface area contributed by atoms with E-state index in [1.807, 2.05) is 0 Å². The molecule has 0 aliphatic carbocycles. The molecule has 0 fully saturated rings. The third-order valence-corrected chi connectivity index (χ3v) is 5.44. The number of carbonyl (C=O) groups excluding carboxylic acids is 1. The zero-order chi connectivity index (χ0) is 20.0. The molecule has 0 saturated heterocycles. The van der Waals surface area contributed by atoms with E-state index < -0.39 is 12.6 Å². The van der Waals surface area contributed by atoms with Gasteiger partial charge >= 0.3 is 18.9 Å². The average Bonchev–Trinajstić information content (AvgIpc) is 2.63. The maximum atomic E-state index is 12.8. The molecule has 28 heavy (non-hydrogen) atoms. The molecule has 9 heteroatoms. The van der Waals surface area contributed by atoms with E-state index in [-0.39, 0.29) is 33.0 Å². The van der Waals surface area contributed by atoms with Gasteiger partial charge in [0.15, 0.2) is 18.1 Å². The summed E-state index contributed by atoms with van der Waals surface area (Å²) in [6.07, 6.45) is -0.919. The number of rotatable bonds is 9. The molecular weight excluding hydrogens is 417 g/mol. The van der Waals surface area contributed by atoms with Crippen LogP contribution in [0.4, 0.5) is 0 Å². The summed E-state index contributed by atoms with van der Waals surface area (Å²) in [5.74, 6) is 1.04. The summed E-state index contributed by atoms with van der Waals surface area (Å²) in [6.45, 7) is 3.53. The molecular formula is C19H22Cl2LiO5P. The SMILES string of the molecule is COC(C)Oc1ccc(PC(=O)c2c(Cl)cccc2Cl)c(OC(C)OC)c1.[LiH]. The standard InChI is InChI=1S/C19H21Cl2O5P.Li.H/c1-11(23-3)25-13-8-9-17(16(10-13)26-12(2)24-4)27-19(22)18-14(20)6-5-7-15(18)21;;/h5-12,27H,1-4H3;;. The number of carbonyl (C=O) groups is 1. The van der Waals surface area contributed by atoms with Crippen molar-refractivity contribution in [3.8, 4) is 11.5 Å². The van der Waals surface area contributed by atoms with E-state index in [2.05, 4.69) is 0 Å². The molecule has 0 radical (unpaired) electrons. The second-order valence-electron chi connectivity index (χ2n) is 5.55. The first-order valence-electron chi connectivity index (χ1n) is 8.14. The van der Waals surface area contributed by atoms with Crippen molar-refractivity contribution < 1.29 is 23.7 Å². The first-order chi connectivity index (χ1) is 12.8. The second kappa shape index (κ2) is 12.1. The van der Waals surface area contributed by atoms with Gasteiger partial charge in [-0.05, 0) is 46.7 Å². The Labute approximate surface area is 188 Å². The van der Waals surface area contributed by atoms with Gasteiger partial charge in [-0.25, -0.2) is 0 Å². The number of hydrogen-bond acceptors (Lipinski definition) is 5. The van der Waals surface area contributed by atoms with E-state index in [0.717, 1.165) is 0 Å². The summed E-state index contributed by atoms with van der Waals surface area (Å²) in [5, 5.41) is 1.33. The topological polar surface area (TPSA) is 54.0 Å². The fraction of sp³-hybridized carbons (Fsp3) is 0.316. The maximum absolute atomic E-state index is 12.8. The van der Waals surface area contributed by atoms with Crippen LogP contribution in [0.25, 0.3) is 0 Å². The summed E-state index contributed by atoms with van der Waals surface area (Å²) >= 11 is 12.3. The average molecular weight is 439 g/mol. The number of methoxy groups -OCH3 is 2. The van der Waals surface area contributed by atoms with Gasteiger partial charge in [-0.1, -0.05) is 29.3 Å². The van der Waals surface area contributed by atoms with Crippen molar-refractivity contribution in [1.29, 1.82) is 0 Å². The van der Waals surface area contributed by atoms with Gasteiger partial charge in [-0.3, -0.25) is 4.79 Å². The number of benzene rings is 2. The summed E-state index contributed by atoms with van der Waals surface area (Å²) in [4.78, 5) is 12.8. The van der Waals surface area contributed by atoms with Crippen molar-refractivity contribution in [3.63, 3.8) is 0 Å². The monoisotopic (exact) mass is 438 g/mol. The zero-order valence-corrected chi connectivity index (χ0v) is 17.9. The quantitative estimate of drug-likeness (QED) is 0.333. The molecule has 0 heterocycles. The third kappa shape index (κ3) is 6.93. The molecule has 2 rings (SSSR count). The van der Waals surface area contributed by atoms with Crippen molar-refractivity contribution in [2.75, 3.05) is 14.2 Å². The van der Waals surface area contributed by atoms with E-state index in [0.29, 0.717) is 32.4 Å². The molecule has 2 aromatic carbocycles. The Morgan fingerprint density at radius 3 is 2.11 bits per heavy atom. The van der Waals surface area contributed by atoms with Crippen LogP contribution in [0.15, 0.2) is 36.4 Å². The first kappa shape index (κ1) is 25.3. The number of hydrogen-bond donors (Lipinski definition) is 0. The predicted molar refractivity (Wildman–Crippen MR) is 117 cm³/mol. The Morgan fingerprint density at radius 2 is 1.54 bits per heavy atom. The molecule has 3 atom stereocenters. The van der Waals surface area contributed by atoms with Crippen LogP contribution in [0.5, 0.6) is 11.5 Å². The number of halogens is 2. The van der Waals surface area contributed by atoms with Crippen LogP contribution >= 0.6 is 31.8 Å². The molecule has 0 spiro atoms. The van der Waals surface area contributed by atoms with Crippen molar-refractivity contribution >= 4 is 61.5 Å². The molecule has 5 nitrogen and oxygen atoms in total. The Morgan fingerprint density at radius 1 is 0.964 bits per heavy atom. The minimum absolute atomic E-state index is 0. The van der Waals surface area contributed by atoms with Crippen LogP contribution in [0.3, 0.4) is 0 Å². The van der Waals surface area contributed by atoms with E-state index in [4.69, 9.17) is 42.1 Å². The van der Waals surface area contributed by atoms with Crippen LogP contribution in [0.1, 0.15) is 24.2 Å². The van der Waals surface area contributed by atoms with Gasteiger partial charge in [0.25, 0.3) is 0 Å². The van der Waals surface area contributed by atoms with E-state index in [9.17, 15) is 4.79 Å². The molecule has 0 bridgehead atoms. The van der Waals surface area contributed by atoms with Crippen LogP contribution < -0.4 is 14.8 Å².